The van der Waals surface area contributed by atoms with Gasteiger partial charge in [-0.15, -0.1) is 0 Å². The van der Waals surface area contributed by atoms with Crippen LogP contribution in [0, 0.1) is 11.8 Å². The maximum absolute atomic E-state index is 8.88. The van der Waals surface area contributed by atoms with Gasteiger partial charge in [0.25, 0.3) is 0 Å². The SMILES string of the molecule is COc1ccc(C#CCO)c(Cn2ccnc2C(C)C)c1. The number of rotatable bonds is 4. The molecule has 4 nitrogen and oxygen atoms in total. The molecule has 21 heavy (non-hydrogen) atoms. The summed E-state index contributed by atoms with van der Waals surface area (Å²) in [6.45, 7) is 4.78. The molecule has 110 valence electrons. The van der Waals surface area contributed by atoms with Crippen LogP contribution in [0.5, 0.6) is 5.75 Å². The Morgan fingerprint density at radius 1 is 1.38 bits per heavy atom. The summed E-state index contributed by atoms with van der Waals surface area (Å²) in [5, 5.41) is 8.88. The Bertz CT molecular complexity index is 663. The quantitative estimate of drug-likeness (QED) is 0.877. The fourth-order valence-electron chi connectivity index (χ4n) is 2.22. The van der Waals surface area contributed by atoms with E-state index in [0.717, 1.165) is 22.7 Å². The fourth-order valence-corrected chi connectivity index (χ4v) is 2.22. The Balaban J connectivity index is 2.38. The van der Waals surface area contributed by atoms with E-state index in [0.29, 0.717) is 12.5 Å². The van der Waals surface area contributed by atoms with Gasteiger partial charge < -0.3 is 14.4 Å². The predicted octanol–water partition coefficient (Wildman–Crippen LogP) is 2.41. The summed E-state index contributed by atoms with van der Waals surface area (Å²) in [5.41, 5.74) is 1.95. The van der Waals surface area contributed by atoms with Crippen LogP contribution in [-0.2, 0) is 6.54 Å². The topological polar surface area (TPSA) is 47.3 Å². The number of hydrogen-bond acceptors (Lipinski definition) is 3. The molecule has 0 radical (unpaired) electrons. The molecule has 2 aromatic rings. The van der Waals surface area contributed by atoms with Gasteiger partial charge >= 0.3 is 0 Å². The number of imidazole rings is 1. The Labute approximate surface area is 125 Å². The van der Waals surface area contributed by atoms with Crippen LogP contribution in [0.3, 0.4) is 0 Å². The second kappa shape index (κ2) is 6.96. The molecule has 1 aromatic heterocycles. The van der Waals surface area contributed by atoms with Crippen LogP contribution in [0.4, 0.5) is 0 Å². The molecule has 0 saturated heterocycles. The highest BCUT2D eigenvalue weighted by Gasteiger charge is 2.10. The first-order valence-corrected chi connectivity index (χ1v) is 6.93. The maximum Gasteiger partial charge on any atom is 0.119 e. The Hall–Kier alpha value is -2.25. The molecule has 0 atom stereocenters. The van der Waals surface area contributed by atoms with Crippen molar-refractivity contribution in [3.63, 3.8) is 0 Å². The zero-order chi connectivity index (χ0) is 15.2. The van der Waals surface area contributed by atoms with Gasteiger partial charge in [0.15, 0.2) is 0 Å². The van der Waals surface area contributed by atoms with Gasteiger partial charge in [0.05, 0.1) is 13.7 Å². The minimum atomic E-state index is -0.145. The van der Waals surface area contributed by atoms with E-state index in [2.05, 4.69) is 35.2 Å². The van der Waals surface area contributed by atoms with Crippen LogP contribution in [0.25, 0.3) is 0 Å². The number of aliphatic hydroxyl groups is 1. The Morgan fingerprint density at radius 3 is 2.86 bits per heavy atom. The van der Waals surface area contributed by atoms with Crippen molar-refractivity contribution in [3.05, 3.63) is 47.5 Å². The summed E-state index contributed by atoms with van der Waals surface area (Å²) in [6, 6.07) is 5.77. The summed E-state index contributed by atoms with van der Waals surface area (Å²) in [4.78, 5) is 4.40. The number of benzene rings is 1. The van der Waals surface area contributed by atoms with Gasteiger partial charge in [-0.05, 0) is 23.8 Å². The minimum Gasteiger partial charge on any atom is -0.497 e. The first kappa shape index (κ1) is 15.1. The van der Waals surface area contributed by atoms with E-state index >= 15 is 0 Å². The highest BCUT2D eigenvalue weighted by Crippen LogP contribution is 2.20. The molecule has 1 heterocycles. The number of aromatic nitrogens is 2. The van der Waals surface area contributed by atoms with Crippen LogP contribution in [0.1, 0.15) is 36.7 Å². The maximum atomic E-state index is 8.88. The average molecular weight is 284 g/mol. The molecule has 0 spiro atoms. The first-order chi connectivity index (χ1) is 10.2. The van der Waals surface area contributed by atoms with Crippen LogP contribution < -0.4 is 4.74 Å². The molecular formula is C17H20N2O2. The monoisotopic (exact) mass is 284 g/mol. The van der Waals surface area contributed by atoms with Crippen molar-refractivity contribution in [2.45, 2.75) is 26.3 Å². The zero-order valence-electron chi connectivity index (χ0n) is 12.6. The van der Waals surface area contributed by atoms with Crippen molar-refractivity contribution in [2.24, 2.45) is 0 Å². The first-order valence-electron chi connectivity index (χ1n) is 6.93. The van der Waals surface area contributed by atoms with Gasteiger partial charge in [0.2, 0.25) is 0 Å². The van der Waals surface area contributed by atoms with Crippen molar-refractivity contribution in [2.75, 3.05) is 13.7 Å². The fraction of sp³-hybridized carbons (Fsp3) is 0.353. The van der Waals surface area contributed by atoms with Crippen LogP contribution in [-0.4, -0.2) is 28.4 Å². The van der Waals surface area contributed by atoms with Crippen molar-refractivity contribution in [3.8, 4) is 17.6 Å². The standard InChI is InChI=1S/C17H20N2O2/c1-13(2)17-18-8-9-19(17)12-15-11-16(21-3)7-6-14(15)5-4-10-20/h6-9,11,13,20H,10,12H2,1-3H3. The van der Waals surface area contributed by atoms with Gasteiger partial charge in [0.1, 0.15) is 18.2 Å². The predicted molar refractivity (Wildman–Crippen MR) is 82.4 cm³/mol. The smallest absolute Gasteiger partial charge is 0.119 e. The molecule has 0 bridgehead atoms. The van der Waals surface area contributed by atoms with E-state index in [4.69, 9.17) is 9.84 Å². The minimum absolute atomic E-state index is 0.145. The summed E-state index contributed by atoms with van der Waals surface area (Å²) in [6.07, 6.45) is 3.78. The average Bonchev–Trinajstić information content (AvgIpc) is 2.94. The molecule has 1 aromatic carbocycles. The lowest BCUT2D eigenvalue weighted by Gasteiger charge is -2.13. The van der Waals surface area contributed by atoms with E-state index in [1.165, 1.54) is 0 Å². The molecule has 1 N–H and O–H groups in total. The summed E-state index contributed by atoms with van der Waals surface area (Å²) in [5.74, 6) is 7.88. The van der Waals surface area contributed by atoms with E-state index in [1.807, 2.05) is 30.6 Å². The normalized spacial score (nSPS) is 10.3. The third-order valence-electron chi connectivity index (χ3n) is 3.22. The molecule has 2 rings (SSSR count). The van der Waals surface area contributed by atoms with Crippen molar-refractivity contribution >= 4 is 0 Å². The number of ether oxygens (including phenoxy) is 1. The van der Waals surface area contributed by atoms with Gasteiger partial charge in [-0.3, -0.25) is 0 Å². The third-order valence-corrected chi connectivity index (χ3v) is 3.22. The highest BCUT2D eigenvalue weighted by atomic mass is 16.5. The third kappa shape index (κ3) is 3.65. The molecule has 0 unspecified atom stereocenters. The molecular weight excluding hydrogens is 264 g/mol. The van der Waals surface area contributed by atoms with Crippen LogP contribution in [0.15, 0.2) is 30.6 Å². The molecule has 0 aliphatic carbocycles. The summed E-state index contributed by atoms with van der Waals surface area (Å²) >= 11 is 0. The zero-order valence-corrected chi connectivity index (χ0v) is 12.6. The van der Waals surface area contributed by atoms with Crippen molar-refractivity contribution in [1.82, 2.24) is 9.55 Å². The molecule has 0 aliphatic heterocycles. The van der Waals surface area contributed by atoms with Crippen molar-refractivity contribution in [1.29, 1.82) is 0 Å². The van der Waals surface area contributed by atoms with Crippen molar-refractivity contribution < 1.29 is 9.84 Å². The van der Waals surface area contributed by atoms with Crippen LogP contribution >= 0.6 is 0 Å². The number of methoxy groups -OCH3 is 1. The largest absolute Gasteiger partial charge is 0.497 e. The second-order valence-corrected chi connectivity index (χ2v) is 5.05. The second-order valence-electron chi connectivity index (χ2n) is 5.05. The molecule has 0 fully saturated rings. The van der Waals surface area contributed by atoms with E-state index < -0.39 is 0 Å². The van der Waals surface area contributed by atoms with E-state index in [-0.39, 0.29) is 6.61 Å². The highest BCUT2D eigenvalue weighted by molar-refractivity contribution is 5.45. The van der Waals surface area contributed by atoms with E-state index in [1.54, 1.807) is 7.11 Å². The molecule has 0 aliphatic rings. The lowest BCUT2D eigenvalue weighted by Crippen LogP contribution is -2.07. The Kier molecular flexibility index (Phi) is 5.02. The van der Waals surface area contributed by atoms with Crippen LogP contribution in [0.2, 0.25) is 0 Å². The lowest BCUT2D eigenvalue weighted by atomic mass is 10.1. The van der Waals surface area contributed by atoms with Gasteiger partial charge in [-0.2, -0.15) is 0 Å². The van der Waals surface area contributed by atoms with Gasteiger partial charge in [-0.25, -0.2) is 4.98 Å². The molecule has 0 amide bonds. The number of nitrogens with zero attached hydrogens (tertiary/aromatic N) is 2. The molecule has 4 heteroatoms. The Morgan fingerprint density at radius 2 is 2.19 bits per heavy atom. The van der Waals surface area contributed by atoms with E-state index in [9.17, 15) is 0 Å². The number of hydrogen-bond donors (Lipinski definition) is 1. The lowest BCUT2D eigenvalue weighted by molar-refractivity contribution is 0.350. The van der Waals surface area contributed by atoms with Gasteiger partial charge in [0, 0.05) is 23.9 Å². The molecule has 0 saturated carbocycles. The summed E-state index contributed by atoms with van der Waals surface area (Å²) in [7, 11) is 1.65. The summed E-state index contributed by atoms with van der Waals surface area (Å²) < 4.78 is 7.40. The number of aliphatic hydroxyl groups excluding tert-OH is 1. The van der Waals surface area contributed by atoms with Gasteiger partial charge in [-0.1, -0.05) is 25.7 Å².